The second-order valence-electron chi connectivity index (χ2n) is 5.99. The molecule has 0 fully saturated rings. The Labute approximate surface area is 169 Å². The van der Waals surface area contributed by atoms with E-state index in [4.69, 9.17) is 4.74 Å². The monoisotopic (exact) mass is 443 g/mol. The highest BCUT2D eigenvalue weighted by Gasteiger charge is 2.14. The van der Waals surface area contributed by atoms with Gasteiger partial charge < -0.3 is 20.4 Å². The number of para-hydroxylation sites is 1. The van der Waals surface area contributed by atoms with Crippen LogP contribution in [0.1, 0.15) is 15.9 Å². The van der Waals surface area contributed by atoms with Gasteiger partial charge in [0, 0.05) is 33.7 Å². The summed E-state index contributed by atoms with van der Waals surface area (Å²) in [5.74, 6) is -0.343. The zero-order valence-electron chi connectivity index (χ0n) is 15.0. The zero-order valence-corrected chi connectivity index (χ0v) is 16.6. The molecular weight excluding hydrogens is 426 g/mol. The highest BCUT2D eigenvalue weighted by Crippen LogP contribution is 2.22. The number of carbonyl (C=O) groups excluding carboxylic acids is 2. The number of carbonyl (C=O) groups is 2. The van der Waals surface area contributed by atoms with Crippen molar-refractivity contribution in [3.8, 4) is 5.75 Å². The van der Waals surface area contributed by atoms with Crippen molar-refractivity contribution in [3.63, 3.8) is 0 Å². The van der Waals surface area contributed by atoms with Gasteiger partial charge in [0.2, 0.25) is 11.3 Å². The SMILES string of the molecule is COc1ccc(Br)cc1CNC(=O)CNC(=O)c1c[nH]c2ccccc2c1=O. The van der Waals surface area contributed by atoms with Gasteiger partial charge >= 0.3 is 0 Å². The van der Waals surface area contributed by atoms with Crippen molar-refractivity contribution < 1.29 is 14.3 Å². The first-order chi connectivity index (χ1) is 13.5. The molecule has 8 heteroatoms. The highest BCUT2D eigenvalue weighted by atomic mass is 79.9. The van der Waals surface area contributed by atoms with Crippen LogP contribution in [-0.2, 0) is 11.3 Å². The van der Waals surface area contributed by atoms with Crippen molar-refractivity contribution >= 4 is 38.6 Å². The van der Waals surface area contributed by atoms with Crippen molar-refractivity contribution in [1.82, 2.24) is 15.6 Å². The van der Waals surface area contributed by atoms with Gasteiger partial charge in [-0.1, -0.05) is 28.1 Å². The van der Waals surface area contributed by atoms with E-state index in [-0.39, 0.29) is 30.0 Å². The number of amides is 2. The van der Waals surface area contributed by atoms with Gasteiger partial charge in [-0.15, -0.1) is 0 Å². The van der Waals surface area contributed by atoms with E-state index in [1.165, 1.54) is 6.20 Å². The molecule has 7 nitrogen and oxygen atoms in total. The molecular formula is C20H18BrN3O4. The number of aromatic amines is 1. The summed E-state index contributed by atoms with van der Waals surface area (Å²) in [6.07, 6.45) is 1.35. The largest absolute Gasteiger partial charge is 0.496 e. The summed E-state index contributed by atoms with van der Waals surface area (Å²) in [5, 5.41) is 5.60. The summed E-state index contributed by atoms with van der Waals surface area (Å²) in [4.78, 5) is 39.7. The highest BCUT2D eigenvalue weighted by molar-refractivity contribution is 9.10. The first-order valence-electron chi connectivity index (χ1n) is 8.47. The molecule has 0 radical (unpaired) electrons. The van der Waals surface area contributed by atoms with E-state index in [9.17, 15) is 14.4 Å². The molecule has 3 N–H and O–H groups in total. The lowest BCUT2D eigenvalue weighted by atomic mass is 10.1. The zero-order chi connectivity index (χ0) is 20.1. The minimum Gasteiger partial charge on any atom is -0.496 e. The molecule has 3 rings (SSSR count). The summed E-state index contributed by atoms with van der Waals surface area (Å²) in [5.41, 5.74) is 1.01. The van der Waals surface area contributed by atoms with Crippen LogP contribution in [-0.4, -0.2) is 30.5 Å². The molecule has 2 amide bonds. The fraction of sp³-hybridized carbons (Fsp3) is 0.150. The van der Waals surface area contributed by atoms with Crippen LogP contribution in [0.4, 0.5) is 0 Å². The summed E-state index contributed by atoms with van der Waals surface area (Å²) in [6, 6.07) is 12.4. The van der Waals surface area contributed by atoms with Crippen LogP contribution in [0.2, 0.25) is 0 Å². The van der Waals surface area contributed by atoms with Gasteiger partial charge in [0.15, 0.2) is 0 Å². The minimum atomic E-state index is -0.609. The molecule has 28 heavy (non-hydrogen) atoms. The van der Waals surface area contributed by atoms with Crippen LogP contribution < -0.4 is 20.8 Å². The number of H-pyrrole nitrogens is 1. The number of nitrogens with one attached hydrogen (secondary N) is 3. The van der Waals surface area contributed by atoms with E-state index in [0.29, 0.717) is 16.7 Å². The molecule has 0 bridgehead atoms. The quantitative estimate of drug-likeness (QED) is 0.544. The molecule has 0 unspecified atom stereocenters. The Morgan fingerprint density at radius 3 is 2.71 bits per heavy atom. The number of methoxy groups -OCH3 is 1. The van der Waals surface area contributed by atoms with Gasteiger partial charge in [-0.2, -0.15) is 0 Å². The van der Waals surface area contributed by atoms with Gasteiger partial charge in [-0.3, -0.25) is 14.4 Å². The first-order valence-corrected chi connectivity index (χ1v) is 9.26. The number of hydrogen-bond acceptors (Lipinski definition) is 4. The molecule has 0 atom stereocenters. The third-order valence-corrected chi connectivity index (χ3v) is 4.65. The standard InChI is InChI=1S/C20H18BrN3O4/c1-28-17-7-6-13(21)8-12(17)9-23-18(25)11-24-20(27)15-10-22-16-5-3-2-4-14(16)19(15)26/h2-8,10H,9,11H2,1H3,(H,22,26)(H,23,25)(H,24,27). The molecule has 0 saturated heterocycles. The molecule has 0 aliphatic rings. The smallest absolute Gasteiger partial charge is 0.257 e. The molecule has 1 heterocycles. The van der Waals surface area contributed by atoms with Gasteiger partial charge in [0.1, 0.15) is 11.3 Å². The summed E-state index contributed by atoms with van der Waals surface area (Å²) < 4.78 is 6.12. The summed E-state index contributed by atoms with van der Waals surface area (Å²) in [6.45, 7) is -0.00467. The predicted molar refractivity (Wildman–Crippen MR) is 109 cm³/mol. The Bertz CT molecular complexity index is 1090. The van der Waals surface area contributed by atoms with Crippen molar-refractivity contribution in [2.24, 2.45) is 0 Å². The minimum absolute atomic E-state index is 0.0415. The maximum Gasteiger partial charge on any atom is 0.257 e. The number of fused-ring (bicyclic) bond motifs is 1. The van der Waals surface area contributed by atoms with Crippen LogP contribution in [0.15, 0.2) is 57.9 Å². The number of halogens is 1. The topological polar surface area (TPSA) is 100 Å². The Balaban J connectivity index is 1.61. The molecule has 144 valence electrons. The fourth-order valence-electron chi connectivity index (χ4n) is 2.73. The van der Waals surface area contributed by atoms with Crippen LogP contribution in [0.5, 0.6) is 5.75 Å². The maximum atomic E-state index is 12.4. The summed E-state index contributed by atoms with van der Waals surface area (Å²) in [7, 11) is 1.55. The lowest BCUT2D eigenvalue weighted by Gasteiger charge is -2.11. The summed E-state index contributed by atoms with van der Waals surface area (Å²) >= 11 is 3.37. The average molecular weight is 444 g/mol. The lowest BCUT2D eigenvalue weighted by Crippen LogP contribution is -2.38. The second-order valence-corrected chi connectivity index (χ2v) is 6.91. The number of ether oxygens (including phenoxy) is 1. The number of aromatic nitrogens is 1. The van der Waals surface area contributed by atoms with Crippen LogP contribution in [0.25, 0.3) is 10.9 Å². The molecule has 0 aliphatic heterocycles. The van der Waals surface area contributed by atoms with Crippen LogP contribution in [0, 0.1) is 0 Å². The van der Waals surface area contributed by atoms with E-state index >= 15 is 0 Å². The van der Waals surface area contributed by atoms with Crippen molar-refractivity contribution in [2.45, 2.75) is 6.54 Å². The molecule has 0 spiro atoms. The number of rotatable bonds is 6. The van der Waals surface area contributed by atoms with E-state index in [1.54, 1.807) is 37.4 Å². The second kappa shape index (κ2) is 8.71. The van der Waals surface area contributed by atoms with Gasteiger partial charge in [0.05, 0.1) is 13.7 Å². The number of hydrogen-bond donors (Lipinski definition) is 3. The number of benzene rings is 2. The Morgan fingerprint density at radius 1 is 1.14 bits per heavy atom. The molecule has 1 aromatic heterocycles. The lowest BCUT2D eigenvalue weighted by molar-refractivity contribution is -0.120. The third kappa shape index (κ3) is 4.40. The van der Waals surface area contributed by atoms with Crippen molar-refractivity contribution in [2.75, 3.05) is 13.7 Å². The Morgan fingerprint density at radius 2 is 1.93 bits per heavy atom. The molecule has 2 aromatic carbocycles. The fourth-order valence-corrected chi connectivity index (χ4v) is 3.14. The average Bonchev–Trinajstić information content (AvgIpc) is 2.71. The van der Waals surface area contributed by atoms with Gasteiger partial charge in [-0.25, -0.2) is 0 Å². The maximum absolute atomic E-state index is 12.4. The van der Waals surface area contributed by atoms with E-state index in [1.807, 2.05) is 12.1 Å². The van der Waals surface area contributed by atoms with Crippen LogP contribution >= 0.6 is 15.9 Å². The van der Waals surface area contributed by atoms with Gasteiger partial charge in [0.25, 0.3) is 5.91 Å². The molecule has 0 aliphatic carbocycles. The van der Waals surface area contributed by atoms with E-state index < -0.39 is 5.91 Å². The van der Waals surface area contributed by atoms with Crippen molar-refractivity contribution in [1.29, 1.82) is 0 Å². The van der Waals surface area contributed by atoms with Crippen LogP contribution in [0.3, 0.4) is 0 Å². The molecule has 3 aromatic rings. The number of pyridine rings is 1. The molecule has 0 saturated carbocycles. The Kier molecular flexibility index (Phi) is 6.10. The normalized spacial score (nSPS) is 10.5. The van der Waals surface area contributed by atoms with E-state index in [0.717, 1.165) is 10.0 Å². The van der Waals surface area contributed by atoms with E-state index in [2.05, 4.69) is 31.5 Å². The van der Waals surface area contributed by atoms with Crippen molar-refractivity contribution in [3.05, 3.63) is 74.5 Å². The Hall–Kier alpha value is -3.13. The third-order valence-electron chi connectivity index (χ3n) is 4.16. The predicted octanol–water partition coefficient (Wildman–Crippen LogP) is 2.35. The first kappa shape index (κ1) is 19.6. The van der Waals surface area contributed by atoms with Gasteiger partial charge in [-0.05, 0) is 30.3 Å².